The molecule has 0 saturated carbocycles. The van der Waals surface area contributed by atoms with Crippen LogP contribution in [0, 0.1) is 0 Å². The van der Waals surface area contributed by atoms with Crippen LogP contribution < -0.4 is 9.62 Å². The Balaban J connectivity index is 1.89. The number of nitrogens with zero attached hydrogens (tertiary/aromatic N) is 2. The van der Waals surface area contributed by atoms with E-state index in [9.17, 15) is 31.2 Å². The number of hydrogen-bond acceptors (Lipinski definition) is 4. The first-order chi connectivity index (χ1) is 20.8. The molecule has 0 spiro atoms. The fourth-order valence-electron chi connectivity index (χ4n) is 4.73. The van der Waals surface area contributed by atoms with Crippen molar-refractivity contribution < 1.29 is 31.2 Å². The molecule has 7 nitrogen and oxygen atoms in total. The van der Waals surface area contributed by atoms with Crippen LogP contribution in [-0.4, -0.2) is 50.5 Å². The number of nitrogens with one attached hydrogen (secondary N) is 1. The molecule has 0 unspecified atom stereocenters. The lowest BCUT2D eigenvalue weighted by Gasteiger charge is -2.32. The first kappa shape index (κ1) is 35.1. The van der Waals surface area contributed by atoms with Gasteiger partial charge >= 0.3 is 6.18 Å². The Kier molecular flexibility index (Phi) is 12.8. The van der Waals surface area contributed by atoms with Crippen LogP contribution in [0.1, 0.15) is 49.3 Å². The molecular weight excluding hydrogens is 659 g/mol. The number of hydrogen-bond donors (Lipinski definition) is 1. The summed E-state index contributed by atoms with van der Waals surface area (Å²) in [4.78, 5) is 28.9. The van der Waals surface area contributed by atoms with Gasteiger partial charge in [0.15, 0.2) is 0 Å². The maximum absolute atomic E-state index is 13.9. The molecule has 0 heterocycles. The van der Waals surface area contributed by atoms with Gasteiger partial charge < -0.3 is 10.2 Å². The summed E-state index contributed by atoms with van der Waals surface area (Å²) in [5.41, 5.74) is 0.535. The van der Waals surface area contributed by atoms with Gasteiger partial charge in [0.2, 0.25) is 21.8 Å². The number of anilines is 1. The molecular formula is C32H37BrF3N3O4S. The summed E-state index contributed by atoms with van der Waals surface area (Å²) in [5.74, 6) is -0.679. The number of halogens is 4. The second-order valence-electron chi connectivity index (χ2n) is 10.5. The molecule has 0 fully saturated rings. The molecule has 3 aromatic carbocycles. The van der Waals surface area contributed by atoms with E-state index in [2.05, 4.69) is 21.2 Å². The van der Waals surface area contributed by atoms with Crippen molar-refractivity contribution in [2.75, 3.05) is 23.7 Å². The molecule has 0 aliphatic carbocycles. The van der Waals surface area contributed by atoms with Gasteiger partial charge in [-0.1, -0.05) is 77.8 Å². The molecule has 0 saturated heterocycles. The van der Waals surface area contributed by atoms with E-state index in [-0.39, 0.29) is 49.9 Å². The van der Waals surface area contributed by atoms with Gasteiger partial charge in [-0.2, -0.15) is 13.2 Å². The quantitative estimate of drug-likeness (QED) is 0.182. The highest BCUT2D eigenvalue weighted by Crippen LogP contribution is 2.32. The zero-order valence-electron chi connectivity index (χ0n) is 24.7. The van der Waals surface area contributed by atoms with E-state index in [0.29, 0.717) is 6.54 Å². The smallest absolute Gasteiger partial charge is 0.354 e. The van der Waals surface area contributed by atoms with Crippen LogP contribution in [0.3, 0.4) is 0 Å². The standard InChI is InChI=1S/C32H37BrF3N3O4S/c1-3-4-18-37-31(41)29(21-24-11-6-5-7-12-24)38(23-25-13-8-15-27(33)20-25)30(40)17-10-19-39(44(2,42)43)28-16-9-14-26(22-28)32(34,35)36/h5-9,11-16,20,22,29H,3-4,10,17-19,21,23H2,1-2H3,(H,37,41)/t29-/m1/s1. The highest BCUT2D eigenvalue weighted by molar-refractivity contribution is 9.10. The lowest BCUT2D eigenvalue weighted by atomic mass is 10.0. The molecule has 0 bridgehead atoms. The van der Waals surface area contributed by atoms with E-state index >= 15 is 0 Å². The van der Waals surface area contributed by atoms with E-state index in [1.807, 2.05) is 61.5 Å². The van der Waals surface area contributed by atoms with Crippen LogP contribution in [-0.2, 0) is 38.8 Å². The van der Waals surface area contributed by atoms with Crippen molar-refractivity contribution in [2.24, 2.45) is 0 Å². The molecule has 2 amide bonds. The Hall–Kier alpha value is -3.38. The lowest BCUT2D eigenvalue weighted by molar-refractivity contribution is -0.141. The van der Waals surface area contributed by atoms with Crippen molar-refractivity contribution in [3.05, 3.63) is 100 Å². The zero-order valence-corrected chi connectivity index (χ0v) is 27.1. The minimum Gasteiger partial charge on any atom is -0.354 e. The lowest BCUT2D eigenvalue weighted by Crippen LogP contribution is -2.50. The van der Waals surface area contributed by atoms with Crippen molar-refractivity contribution in [3.63, 3.8) is 0 Å². The van der Waals surface area contributed by atoms with Crippen LogP contribution in [0.4, 0.5) is 18.9 Å². The molecule has 0 aliphatic rings. The van der Waals surface area contributed by atoms with Crippen LogP contribution in [0.15, 0.2) is 83.3 Å². The van der Waals surface area contributed by atoms with Gasteiger partial charge in [0, 0.05) is 36.9 Å². The average Bonchev–Trinajstić information content (AvgIpc) is 2.96. The molecule has 12 heteroatoms. The predicted molar refractivity (Wildman–Crippen MR) is 169 cm³/mol. The summed E-state index contributed by atoms with van der Waals surface area (Å²) in [7, 11) is -3.96. The summed E-state index contributed by atoms with van der Waals surface area (Å²) in [6.45, 7) is 2.37. The Bertz CT molecular complexity index is 1500. The predicted octanol–water partition coefficient (Wildman–Crippen LogP) is 6.57. The number of carbonyl (C=O) groups is 2. The Morgan fingerprint density at radius 2 is 1.61 bits per heavy atom. The number of sulfonamides is 1. The summed E-state index contributed by atoms with van der Waals surface area (Å²) in [6, 6.07) is 19.9. The van der Waals surface area contributed by atoms with Gasteiger partial charge in [0.25, 0.3) is 0 Å². The number of alkyl halides is 3. The molecule has 3 aromatic rings. The molecule has 238 valence electrons. The largest absolute Gasteiger partial charge is 0.416 e. The first-order valence-corrected chi connectivity index (χ1v) is 16.9. The fraction of sp³-hybridized carbons (Fsp3) is 0.375. The summed E-state index contributed by atoms with van der Waals surface area (Å²) >= 11 is 3.45. The van der Waals surface area contributed by atoms with Crippen molar-refractivity contribution in [3.8, 4) is 0 Å². The maximum Gasteiger partial charge on any atom is 0.416 e. The average molecular weight is 697 g/mol. The normalized spacial score (nSPS) is 12.4. The van der Waals surface area contributed by atoms with E-state index < -0.39 is 27.8 Å². The van der Waals surface area contributed by atoms with Crippen molar-refractivity contribution in [1.82, 2.24) is 10.2 Å². The van der Waals surface area contributed by atoms with E-state index in [1.165, 1.54) is 11.0 Å². The minimum absolute atomic E-state index is 0.0205. The van der Waals surface area contributed by atoms with Crippen LogP contribution in [0.5, 0.6) is 0 Å². The maximum atomic E-state index is 13.9. The topological polar surface area (TPSA) is 86.8 Å². The molecule has 0 aromatic heterocycles. The van der Waals surface area contributed by atoms with E-state index in [4.69, 9.17) is 0 Å². The Morgan fingerprint density at radius 1 is 0.932 bits per heavy atom. The minimum atomic E-state index is -4.65. The van der Waals surface area contributed by atoms with Gasteiger partial charge in [0.05, 0.1) is 17.5 Å². The number of amides is 2. The van der Waals surface area contributed by atoms with Gasteiger partial charge in [0.1, 0.15) is 6.04 Å². The van der Waals surface area contributed by atoms with Gasteiger partial charge in [-0.3, -0.25) is 13.9 Å². The number of carbonyl (C=O) groups excluding carboxylic acids is 2. The van der Waals surface area contributed by atoms with Crippen LogP contribution in [0.2, 0.25) is 0 Å². The Labute approximate surface area is 265 Å². The monoisotopic (exact) mass is 695 g/mol. The Morgan fingerprint density at radius 3 is 2.25 bits per heavy atom. The number of unbranched alkanes of at least 4 members (excludes halogenated alkanes) is 1. The summed E-state index contributed by atoms with van der Waals surface area (Å²) < 4.78 is 66.8. The van der Waals surface area contributed by atoms with E-state index in [0.717, 1.165) is 57.2 Å². The third-order valence-electron chi connectivity index (χ3n) is 6.96. The molecule has 0 aliphatic heterocycles. The van der Waals surface area contributed by atoms with Crippen molar-refractivity contribution in [1.29, 1.82) is 0 Å². The fourth-order valence-corrected chi connectivity index (χ4v) is 6.14. The third-order valence-corrected chi connectivity index (χ3v) is 8.64. The molecule has 3 rings (SSSR count). The van der Waals surface area contributed by atoms with Gasteiger partial charge in [-0.15, -0.1) is 0 Å². The molecule has 0 radical (unpaired) electrons. The third kappa shape index (κ3) is 10.7. The number of benzene rings is 3. The number of rotatable bonds is 15. The van der Waals surface area contributed by atoms with Gasteiger partial charge in [-0.25, -0.2) is 8.42 Å². The zero-order chi connectivity index (χ0) is 32.3. The summed E-state index contributed by atoms with van der Waals surface area (Å²) in [5, 5.41) is 2.95. The van der Waals surface area contributed by atoms with Crippen molar-refractivity contribution in [2.45, 2.75) is 57.8 Å². The molecule has 44 heavy (non-hydrogen) atoms. The first-order valence-electron chi connectivity index (χ1n) is 14.3. The van der Waals surface area contributed by atoms with E-state index in [1.54, 1.807) is 0 Å². The second kappa shape index (κ2) is 16.1. The van der Waals surface area contributed by atoms with Crippen molar-refractivity contribution >= 4 is 43.5 Å². The highest BCUT2D eigenvalue weighted by Gasteiger charge is 2.32. The highest BCUT2D eigenvalue weighted by atomic mass is 79.9. The molecule has 1 N–H and O–H groups in total. The molecule has 1 atom stereocenters. The van der Waals surface area contributed by atoms with Gasteiger partial charge in [-0.05, 0) is 54.3 Å². The second-order valence-corrected chi connectivity index (χ2v) is 13.3. The SMILES string of the molecule is CCCCNC(=O)[C@@H](Cc1ccccc1)N(Cc1cccc(Br)c1)C(=O)CCCN(c1cccc(C(F)(F)F)c1)S(C)(=O)=O. The summed E-state index contributed by atoms with van der Waals surface area (Å²) in [6.07, 6.45) is -1.93. The van der Waals surface area contributed by atoms with Crippen LogP contribution >= 0.6 is 15.9 Å². The van der Waals surface area contributed by atoms with Crippen LogP contribution in [0.25, 0.3) is 0 Å².